The highest BCUT2D eigenvalue weighted by Crippen LogP contribution is 2.31. The van der Waals surface area contributed by atoms with E-state index in [0.29, 0.717) is 12.8 Å². The molecule has 0 atom stereocenters. The van der Waals surface area contributed by atoms with E-state index in [4.69, 9.17) is 5.11 Å². The number of carbonyl (C=O) groups excluding carboxylic acids is 1. The molecule has 0 aromatic rings. The Kier molecular flexibility index (Phi) is 6.50. The zero-order chi connectivity index (χ0) is 15.2. The van der Waals surface area contributed by atoms with Crippen LogP contribution < -0.4 is 5.32 Å². The first-order valence-electron chi connectivity index (χ1n) is 8.00. The molecule has 0 radical (unpaired) electrons. The molecule has 0 bridgehead atoms. The standard InChI is InChI=1S/C16H29NO3/c1-4-12-7-9-13(10-8-12)15(20)17-16(5-2,6-3)11-14(18)19/h12-13H,4-11H2,1-3H3,(H,17,20)(H,18,19). The zero-order valence-electron chi connectivity index (χ0n) is 13.1. The van der Waals surface area contributed by atoms with Crippen molar-refractivity contribution in [3.05, 3.63) is 0 Å². The summed E-state index contributed by atoms with van der Waals surface area (Å²) in [6.07, 6.45) is 6.66. The van der Waals surface area contributed by atoms with Crippen LogP contribution in [0, 0.1) is 11.8 Å². The van der Waals surface area contributed by atoms with Crippen LogP contribution in [0.1, 0.15) is 72.1 Å². The largest absolute Gasteiger partial charge is 0.481 e. The van der Waals surface area contributed by atoms with E-state index in [-0.39, 0.29) is 18.2 Å². The van der Waals surface area contributed by atoms with Crippen molar-refractivity contribution in [1.29, 1.82) is 0 Å². The van der Waals surface area contributed by atoms with Crippen LogP contribution in [0.3, 0.4) is 0 Å². The highest BCUT2D eigenvalue weighted by Gasteiger charge is 2.34. The van der Waals surface area contributed by atoms with Gasteiger partial charge in [0.15, 0.2) is 0 Å². The van der Waals surface area contributed by atoms with Gasteiger partial charge in [0.2, 0.25) is 5.91 Å². The molecule has 4 nitrogen and oxygen atoms in total. The molecule has 116 valence electrons. The van der Waals surface area contributed by atoms with Gasteiger partial charge in [-0.1, -0.05) is 27.2 Å². The molecule has 4 heteroatoms. The van der Waals surface area contributed by atoms with Gasteiger partial charge in [0, 0.05) is 11.5 Å². The van der Waals surface area contributed by atoms with Crippen molar-refractivity contribution in [3.63, 3.8) is 0 Å². The average molecular weight is 283 g/mol. The lowest BCUT2D eigenvalue weighted by Crippen LogP contribution is -2.51. The van der Waals surface area contributed by atoms with Crippen LogP contribution in [0.15, 0.2) is 0 Å². The second kappa shape index (κ2) is 7.65. The van der Waals surface area contributed by atoms with Gasteiger partial charge in [0.25, 0.3) is 0 Å². The van der Waals surface area contributed by atoms with Gasteiger partial charge in [0.05, 0.1) is 6.42 Å². The molecule has 1 amide bonds. The van der Waals surface area contributed by atoms with Gasteiger partial charge in [-0.2, -0.15) is 0 Å². The lowest BCUT2D eigenvalue weighted by atomic mass is 9.79. The van der Waals surface area contributed by atoms with Gasteiger partial charge in [-0.25, -0.2) is 0 Å². The summed E-state index contributed by atoms with van der Waals surface area (Å²) in [5, 5.41) is 12.1. The minimum absolute atomic E-state index is 0.00997. The van der Waals surface area contributed by atoms with Crippen LogP contribution in [0.2, 0.25) is 0 Å². The first kappa shape index (κ1) is 17.0. The summed E-state index contributed by atoms with van der Waals surface area (Å²) in [6, 6.07) is 0. The van der Waals surface area contributed by atoms with E-state index < -0.39 is 11.5 Å². The molecule has 0 heterocycles. The number of rotatable bonds is 7. The predicted molar refractivity (Wildman–Crippen MR) is 79.4 cm³/mol. The fourth-order valence-corrected chi connectivity index (χ4v) is 3.21. The minimum atomic E-state index is -0.844. The maximum atomic E-state index is 12.4. The number of carboxylic acids is 1. The summed E-state index contributed by atoms with van der Waals surface area (Å²) in [5.41, 5.74) is -0.579. The molecule has 0 spiro atoms. The number of hydrogen-bond acceptors (Lipinski definition) is 2. The highest BCUT2D eigenvalue weighted by molar-refractivity contribution is 5.80. The Hall–Kier alpha value is -1.06. The Bertz CT molecular complexity index is 329. The van der Waals surface area contributed by atoms with E-state index in [0.717, 1.165) is 31.6 Å². The van der Waals surface area contributed by atoms with Crippen molar-refractivity contribution in [2.45, 2.75) is 77.7 Å². The van der Waals surface area contributed by atoms with Crippen molar-refractivity contribution < 1.29 is 14.7 Å². The number of carbonyl (C=O) groups is 2. The summed E-state index contributed by atoms with van der Waals surface area (Å²) in [6.45, 7) is 6.10. The third kappa shape index (κ3) is 4.50. The lowest BCUT2D eigenvalue weighted by Gasteiger charge is -2.35. The summed E-state index contributed by atoms with van der Waals surface area (Å²) >= 11 is 0. The lowest BCUT2D eigenvalue weighted by molar-refractivity contribution is -0.139. The number of hydrogen-bond donors (Lipinski definition) is 2. The van der Waals surface area contributed by atoms with Crippen LogP contribution in [-0.2, 0) is 9.59 Å². The number of aliphatic carboxylic acids is 1. The average Bonchev–Trinajstić information content (AvgIpc) is 2.46. The third-order valence-electron chi connectivity index (χ3n) is 5.03. The molecule has 1 fully saturated rings. The van der Waals surface area contributed by atoms with E-state index in [9.17, 15) is 9.59 Å². The zero-order valence-corrected chi connectivity index (χ0v) is 13.1. The predicted octanol–water partition coefficient (Wildman–Crippen LogP) is 3.35. The summed E-state index contributed by atoms with van der Waals surface area (Å²) in [5.74, 6) is 0.0532. The van der Waals surface area contributed by atoms with Crippen LogP contribution >= 0.6 is 0 Å². The Morgan fingerprint density at radius 2 is 1.65 bits per heavy atom. The molecular weight excluding hydrogens is 254 g/mol. The number of nitrogens with one attached hydrogen (secondary N) is 1. The van der Waals surface area contributed by atoms with E-state index in [1.165, 1.54) is 6.42 Å². The molecule has 1 aliphatic carbocycles. The second-order valence-electron chi connectivity index (χ2n) is 6.17. The van der Waals surface area contributed by atoms with Gasteiger partial charge in [-0.05, 0) is 44.4 Å². The molecule has 0 aliphatic heterocycles. The highest BCUT2D eigenvalue weighted by atomic mass is 16.4. The summed E-state index contributed by atoms with van der Waals surface area (Å²) in [7, 11) is 0. The van der Waals surface area contributed by atoms with Gasteiger partial charge in [-0.3, -0.25) is 9.59 Å². The molecule has 1 rings (SSSR count). The van der Waals surface area contributed by atoms with E-state index in [2.05, 4.69) is 12.2 Å². The van der Waals surface area contributed by atoms with Gasteiger partial charge >= 0.3 is 5.97 Å². The molecular formula is C16H29NO3. The Morgan fingerprint density at radius 1 is 1.10 bits per heavy atom. The minimum Gasteiger partial charge on any atom is -0.481 e. The molecule has 2 N–H and O–H groups in total. The summed E-state index contributed by atoms with van der Waals surface area (Å²) in [4.78, 5) is 23.4. The van der Waals surface area contributed by atoms with Gasteiger partial charge in [0.1, 0.15) is 0 Å². The van der Waals surface area contributed by atoms with Crippen LogP contribution in [0.5, 0.6) is 0 Å². The smallest absolute Gasteiger partial charge is 0.305 e. The van der Waals surface area contributed by atoms with E-state index >= 15 is 0 Å². The molecule has 1 aliphatic rings. The molecule has 0 aromatic carbocycles. The SMILES string of the molecule is CCC1CCC(C(=O)NC(CC)(CC)CC(=O)O)CC1. The summed E-state index contributed by atoms with van der Waals surface area (Å²) < 4.78 is 0. The first-order chi connectivity index (χ1) is 9.46. The molecule has 1 saturated carbocycles. The van der Waals surface area contributed by atoms with Crippen molar-refractivity contribution in [1.82, 2.24) is 5.32 Å². The Morgan fingerprint density at radius 3 is 2.05 bits per heavy atom. The molecule has 0 saturated heterocycles. The topological polar surface area (TPSA) is 66.4 Å². The van der Waals surface area contributed by atoms with E-state index in [1.54, 1.807) is 0 Å². The molecule has 20 heavy (non-hydrogen) atoms. The van der Waals surface area contributed by atoms with E-state index in [1.807, 2.05) is 13.8 Å². The van der Waals surface area contributed by atoms with Crippen molar-refractivity contribution in [3.8, 4) is 0 Å². The maximum absolute atomic E-state index is 12.4. The molecule has 0 unspecified atom stereocenters. The normalized spacial score (nSPS) is 23.4. The van der Waals surface area contributed by atoms with Crippen LogP contribution in [0.25, 0.3) is 0 Å². The fraction of sp³-hybridized carbons (Fsp3) is 0.875. The van der Waals surface area contributed by atoms with Crippen LogP contribution in [-0.4, -0.2) is 22.5 Å². The monoisotopic (exact) mass is 283 g/mol. The third-order valence-corrected chi connectivity index (χ3v) is 5.03. The number of carboxylic acid groups (broad SMARTS) is 1. The van der Waals surface area contributed by atoms with Crippen molar-refractivity contribution in [2.24, 2.45) is 11.8 Å². The van der Waals surface area contributed by atoms with Crippen LogP contribution in [0.4, 0.5) is 0 Å². The quantitative estimate of drug-likeness (QED) is 0.753. The fourth-order valence-electron chi connectivity index (χ4n) is 3.21. The maximum Gasteiger partial charge on any atom is 0.305 e. The number of amides is 1. The second-order valence-corrected chi connectivity index (χ2v) is 6.17. The Balaban J connectivity index is 2.60. The first-order valence-corrected chi connectivity index (χ1v) is 8.00. The van der Waals surface area contributed by atoms with Gasteiger partial charge in [-0.15, -0.1) is 0 Å². The van der Waals surface area contributed by atoms with Crippen molar-refractivity contribution in [2.75, 3.05) is 0 Å². The van der Waals surface area contributed by atoms with Gasteiger partial charge < -0.3 is 10.4 Å². The van der Waals surface area contributed by atoms with Crippen molar-refractivity contribution >= 4 is 11.9 Å². The Labute approximate surface area is 122 Å². The molecule has 0 aromatic heterocycles.